The van der Waals surface area contributed by atoms with E-state index in [9.17, 15) is 25.0 Å². The Balaban J connectivity index is 2.11. The van der Waals surface area contributed by atoms with Gasteiger partial charge in [-0.3, -0.25) is 25.0 Å². The lowest BCUT2D eigenvalue weighted by Crippen LogP contribution is -2.17. The largest absolute Gasteiger partial charge is 0.487 e. The highest BCUT2D eigenvalue weighted by Crippen LogP contribution is 2.27. The number of non-ortho nitro benzene ring substituents is 1. The highest BCUT2D eigenvalue weighted by atomic mass is 16.6. The van der Waals surface area contributed by atoms with E-state index >= 15 is 0 Å². The number of nitrogens with zero attached hydrogens (tertiary/aromatic N) is 3. The summed E-state index contributed by atoms with van der Waals surface area (Å²) in [6, 6.07) is 9.40. The smallest absolute Gasteiger partial charge is 0.311 e. The van der Waals surface area contributed by atoms with E-state index in [4.69, 9.17) is 4.74 Å². The van der Waals surface area contributed by atoms with Crippen molar-refractivity contribution in [3.63, 3.8) is 0 Å². The van der Waals surface area contributed by atoms with Crippen molar-refractivity contribution < 1.29 is 19.4 Å². The summed E-state index contributed by atoms with van der Waals surface area (Å²) in [5.41, 5.74) is 2.21. The van der Waals surface area contributed by atoms with E-state index in [1.165, 1.54) is 36.5 Å². The molecule has 0 fully saturated rings. The molecule has 2 aromatic rings. The van der Waals surface area contributed by atoms with E-state index in [1.54, 1.807) is 13.0 Å². The Hall–Kier alpha value is -3.82. The lowest BCUT2D eigenvalue weighted by molar-refractivity contribution is -0.385. The molecule has 1 N–H and O–H groups in total. The van der Waals surface area contributed by atoms with E-state index < -0.39 is 15.8 Å². The molecule has 10 nitrogen and oxygen atoms in total. The number of hydrazone groups is 1. The molecule has 0 aromatic heterocycles. The minimum absolute atomic E-state index is 0.0639. The molecule has 0 heterocycles. The second-order valence-electron chi connectivity index (χ2n) is 4.92. The molecule has 0 spiro atoms. The number of ether oxygens (including phenoxy) is 1. The molecular weight excluding hydrogens is 344 g/mol. The van der Waals surface area contributed by atoms with Crippen LogP contribution in [0.5, 0.6) is 5.75 Å². The van der Waals surface area contributed by atoms with E-state index in [0.29, 0.717) is 5.56 Å². The van der Waals surface area contributed by atoms with Crippen molar-refractivity contribution >= 4 is 23.5 Å². The summed E-state index contributed by atoms with van der Waals surface area (Å²) in [5, 5.41) is 25.5. The van der Waals surface area contributed by atoms with E-state index in [-0.39, 0.29) is 29.3 Å². The molecule has 1 amide bonds. The first-order chi connectivity index (χ1) is 12.4. The number of hydrogen-bond acceptors (Lipinski definition) is 7. The number of carbonyl (C=O) groups excluding carboxylic acids is 1. The van der Waals surface area contributed by atoms with Crippen LogP contribution >= 0.6 is 0 Å². The van der Waals surface area contributed by atoms with Crippen molar-refractivity contribution in [2.75, 3.05) is 6.61 Å². The van der Waals surface area contributed by atoms with Gasteiger partial charge >= 0.3 is 5.69 Å². The quantitative estimate of drug-likeness (QED) is 0.459. The molecule has 0 aliphatic heterocycles. The first kappa shape index (κ1) is 18.5. The second-order valence-corrected chi connectivity index (χ2v) is 4.92. The summed E-state index contributed by atoms with van der Waals surface area (Å²) in [4.78, 5) is 32.5. The van der Waals surface area contributed by atoms with Gasteiger partial charge in [-0.25, -0.2) is 5.43 Å². The summed E-state index contributed by atoms with van der Waals surface area (Å²) < 4.78 is 5.17. The van der Waals surface area contributed by atoms with Crippen molar-refractivity contribution in [2.45, 2.75) is 6.92 Å². The molecule has 2 rings (SSSR count). The van der Waals surface area contributed by atoms with Crippen molar-refractivity contribution in [1.82, 2.24) is 5.43 Å². The van der Waals surface area contributed by atoms with Gasteiger partial charge in [-0.1, -0.05) is 6.07 Å². The monoisotopic (exact) mass is 358 g/mol. The Kier molecular flexibility index (Phi) is 5.93. The molecule has 0 aliphatic rings. The van der Waals surface area contributed by atoms with Crippen LogP contribution in [0, 0.1) is 20.2 Å². The molecule has 0 bridgehead atoms. The molecule has 26 heavy (non-hydrogen) atoms. The van der Waals surface area contributed by atoms with Crippen LogP contribution in [0.4, 0.5) is 11.4 Å². The second kappa shape index (κ2) is 8.33. The van der Waals surface area contributed by atoms with Crippen LogP contribution in [-0.2, 0) is 0 Å². The van der Waals surface area contributed by atoms with E-state index in [0.717, 1.165) is 6.07 Å². The predicted molar refractivity (Wildman–Crippen MR) is 92.4 cm³/mol. The molecule has 10 heteroatoms. The maximum atomic E-state index is 11.9. The number of nitro groups is 2. The van der Waals surface area contributed by atoms with Gasteiger partial charge in [0.2, 0.25) is 0 Å². The van der Waals surface area contributed by atoms with Crippen LogP contribution in [0.3, 0.4) is 0 Å². The van der Waals surface area contributed by atoms with Gasteiger partial charge in [0.15, 0.2) is 5.75 Å². The zero-order valence-electron chi connectivity index (χ0n) is 13.6. The fraction of sp³-hybridized carbons (Fsp3) is 0.125. The van der Waals surface area contributed by atoms with Crippen LogP contribution in [0.1, 0.15) is 22.8 Å². The molecule has 0 atom stereocenters. The first-order valence-corrected chi connectivity index (χ1v) is 7.41. The Morgan fingerprint density at radius 3 is 2.62 bits per heavy atom. The summed E-state index contributed by atoms with van der Waals surface area (Å²) in [7, 11) is 0. The van der Waals surface area contributed by atoms with Crippen LogP contribution in [0.15, 0.2) is 47.6 Å². The molecular formula is C16H14N4O6. The lowest BCUT2D eigenvalue weighted by Gasteiger charge is -2.04. The average molecular weight is 358 g/mol. The topological polar surface area (TPSA) is 137 Å². The van der Waals surface area contributed by atoms with Gasteiger partial charge < -0.3 is 4.74 Å². The maximum Gasteiger partial charge on any atom is 0.311 e. The van der Waals surface area contributed by atoms with Gasteiger partial charge in [-0.2, -0.15) is 5.10 Å². The minimum Gasteiger partial charge on any atom is -0.487 e. The number of nitrogens with one attached hydrogen (secondary N) is 1. The Labute approximate surface area is 147 Å². The van der Waals surface area contributed by atoms with Gasteiger partial charge in [0, 0.05) is 29.3 Å². The maximum absolute atomic E-state index is 11.9. The fourth-order valence-electron chi connectivity index (χ4n) is 2.03. The van der Waals surface area contributed by atoms with Gasteiger partial charge in [0.1, 0.15) is 0 Å². The highest BCUT2D eigenvalue weighted by Gasteiger charge is 2.15. The van der Waals surface area contributed by atoms with E-state index in [2.05, 4.69) is 10.5 Å². The third kappa shape index (κ3) is 4.60. The summed E-state index contributed by atoms with van der Waals surface area (Å²) in [5.74, 6) is -0.513. The standard InChI is InChI=1S/C16H14N4O6/c1-2-26-15-7-6-11(8-14(15)20(24)25)10-17-18-16(21)12-4-3-5-13(9-12)19(22)23/h3-10H,2H2,1H3,(H,18,21)/b17-10+. The number of amides is 1. The third-order valence-electron chi connectivity index (χ3n) is 3.18. The third-order valence-corrected chi connectivity index (χ3v) is 3.18. The number of carbonyl (C=O) groups is 1. The van der Waals surface area contributed by atoms with Gasteiger partial charge in [-0.05, 0) is 25.1 Å². The minimum atomic E-state index is -0.648. The number of rotatable bonds is 7. The molecule has 0 radical (unpaired) electrons. The van der Waals surface area contributed by atoms with Gasteiger partial charge in [0.25, 0.3) is 11.6 Å². The van der Waals surface area contributed by atoms with Crippen molar-refractivity contribution in [1.29, 1.82) is 0 Å². The van der Waals surface area contributed by atoms with Crippen LogP contribution < -0.4 is 10.2 Å². The predicted octanol–water partition coefficient (Wildman–Crippen LogP) is 2.67. The van der Waals surface area contributed by atoms with Gasteiger partial charge in [0.05, 0.1) is 22.7 Å². The van der Waals surface area contributed by atoms with Crippen molar-refractivity contribution in [2.24, 2.45) is 5.10 Å². The molecule has 0 unspecified atom stereocenters. The highest BCUT2D eigenvalue weighted by molar-refractivity contribution is 5.95. The SMILES string of the molecule is CCOc1ccc(/C=N/NC(=O)c2cccc([N+](=O)[O-])c2)cc1[N+](=O)[O-]. The number of hydrogen-bond donors (Lipinski definition) is 1. The zero-order valence-corrected chi connectivity index (χ0v) is 13.6. The summed E-state index contributed by atoms with van der Waals surface area (Å²) in [6.07, 6.45) is 1.22. The molecule has 0 aliphatic carbocycles. The Morgan fingerprint density at radius 1 is 1.19 bits per heavy atom. The van der Waals surface area contributed by atoms with Crippen LogP contribution in [-0.4, -0.2) is 28.6 Å². The Bertz CT molecular complexity index is 881. The zero-order chi connectivity index (χ0) is 19.1. The van der Waals surface area contributed by atoms with Crippen LogP contribution in [0.2, 0.25) is 0 Å². The Morgan fingerprint density at radius 2 is 1.96 bits per heavy atom. The molecule has 2 aromatic carbocycles. The number of benzene rings is 2. The van der Waals surface area contributed by atoms with Crippen molar-refractivity contribution in [3.8, 4) is 5.75 Å². The molecule has 134 valence electrons. The average Bonchev–Trinajstić information content (AvgIpc) is 2.62. The van der Waals surface area contributed by atoms with Crippen LogP contribution in [0.25, 0.3) is 0 Å². The molecule has 0 saturated carbocycles. The molecule has 0 saturated heterocycles. The van der Waals surface area contributed by atoms with Crippen molar-refractivity contribution in [3.05, 3.63) is 73.8 Å². The number of nitro benzene ring substituents is 2. The summed E-state index contributed by atoms with van der Waals surface area (Å²) >= 11 is 0. The van der Waals surface area contributed by atoms with E-state index in [1.807, 2.05) is 0 Å². The normalized spacial score (nSPS) is 10.5. The lowest BCUT2D eigenvalue weighted by atomic mass is 10.2. The summed E-state index contributed by atoms with van der Waals surface area (Å²) in [6.45, 7) is 2.00. The van der Waals surface area contributed by atoms with Gasteiger partial charge in [-0.15, -0.1) is 0 Å². The first-order valence-electron chi connectivity index (χ1n) is 7.41. The fourth-order valence-corrected chi connectivity index (χ4v) is 2.03.